The first-order chi connectivity index (χ1) is 7.58. The minimum absolute atomic E-state index is 0.0800. The van der Waals surface area contributed by atoms with Crippen LogP contribution >= 0.6 is 0 Å². The van der Waals surface area contributed by atoms with Gasteiger partial charge in [0.2, 0.25) is 11.5 Å². The van der Waals surface area contributed by atoms with Crippen LogP contribution in [-0.2, 0) is 7.05 Å². The van der Waals surface area contributed by atoms with Gasteiger partial charge in [-0.25, -0.2) is 4.52 Å². The van der Waals surface area contributed by atoms with Crippen LogP contribution in [0.1, 0.15) is 5.69 Å². The number of aryl methyl sites for hydroxylation is 2. The summed E-state index contributed by atoms with van der Waals surface area (Å²) in [6, 6.07) is 8.17. The van der Waals surface area contributed by atoms with Crippen LogP contribution in [0.3, 0.4) is 0 Å². The van der Waals surface area contributed by atoms with Crippen molar-refractivity contribution in [3.8, 4) is 11.3 Å². The fraction of sp³-hybridized carbons (Fsp3) is 0.182. The number of nitrogens with zero attached hydrogens (tertiary/aromatic N) is 2. The van der Waals surface area contributed by atoms with Gasteiger partial charge >= 0.3 is 0 Å². The van der Waals surface area contributed by atoms with E-state index < -0.39 is 4.92 Å². The highest BCUT2D eigenvalue weighted by Crippen LogP contribution is 2.22. The summed E-state index contributed by atoms with van der Waals surface area (Å²) < 4.78 is 7.10. The van der Waals surface area contributed by atoms with E-state index in [0.29, 0.717) is 5.76 Å². The Bertz CT molecular complexity index is 509. The number of nitro groups is 1. The molecule has 0 amide bonds. The minimum atomic E-state index is -0.419. The molecular weight excluding hydrogens is 208 g/mol. The Morgan fingerprint density at radius 3 is 2.38 bits per heavy atom. The lowest BCUT2D eigenvalue weighted by molar-refractivity contribution is -0.847. The summed E-state index contributed by atoms with van der Waals surface area (Å²) in [6.07, 6.45) is 0. The van der Waals surface area contributed by atoms with E-state index in [-0.39, 0.29) is 5.69 Å². The van der Waals surface area contributed by atoms with E-state index in [1.165, 1.54) is 12.1 Å². The van der Waals surface area contributed by atoms with Crippen LogP contribution in [0.4, 0.5) is 5.69 Å². The van der Waals surface area contributed by atoms with Crippen molar-refractivity contribution in [2.24, 2.45) is 7.05 Å². The summed E-state index contributed by atoms with van der Waals surface area (Å²) in [7, 11) is 1.81. The normalized spacial score (nSPS) is 10.4. The van der Waals surface area contributed by atoms with E-state index in [1.54, 1.807) is 16.9 Å². The lowest BCUT2D eigenvalue weighted by Gasteiger charge is -1.93. The molecule has 0 fully saturated rings. The Hall–Kier alpha value is -2.17. The first-order valence-corrected chi connectivity index (χ1v) is 4.79. The van der Waals surface area contributed by atoms with Crippen molar-refractivity contribution in [1.29, 1.82) is 0 Å². The number of hydrogen-bond donors (Lipinski definition) is 0. The topological polar surface area (TPSA) is 60.2 Å². The van der Waals surface area contributed by atoms with Crippen molar-refractivity contribution in [2.45, 2.75) is 6.92 Å². The van der Waals surface area contributed by atoms with E-state index in [2.05, 4.69) is 0 Å². The summed E-state index contributed by atoms with van der Waals surface area (Å²) in [5.41, 5.74) is 1.90. The lowest BCUT2D eigenvalue weighted by Crippen LogP contribution is -2.27. The standard InChI is InChI=1S/C11H11N2O3/c1-8-7-11(16-12(8)2)9-3-5-10(6-4-9)13(14)15/h3-7H,1-2H3/q+1. The zero-order chi connectivity index (χ0) is 11.7. The molecule has 2 aromatic rings. The second-order valence-electron chi connectivity index (χ2n) is 3.54. The van der Waals surface area contributed by atoms with Gasteiger partial charge in [0.1, 0.15) is 0 Å². The molecule has 0 spiro atoms. The summed E-state index contributed by atoms with van der Waals surface area (Å²) in [5, 5.41) is 10.5. The van der Waals surface area contributed by atoms with Gasteiger partial charge < -0.3 is 0 Å². The lowest BCUT2D eigenvalue weighted by atomic mass is 10.1. The molecule has 0 aliphatic carbocycles. The molecule has 16 heavy (non-hydrogen) atoms. The molecule has 1 aromatic carbocycles. The summed E-state index contributed by atoms with van der Waals surface area (Å²) in [5.74, 6) is 0.704. The number of benzene rings is 1. The predicted octanol–water partition coefficient (Wildman–Crippen LogP) is 1.99. The van der Waals surface area contributed by atoms with Crippen LogP contribution in [0.2, 0.25) is 0 Å². The van der Waals surface area contributed by atoms with Gasteiger partial charge in [-0.05, 0) is 16.9 Å². The number of rotatable bonds is 2. The quantitative estimate of drug-likeness (QED) is 0.441. The van der Waals surface area contributed by atoms with Crippen molar-refractivity contribution < 1.29 is 14.2 Å². The second kappa shape index (κ2) is 3.77. The van der Waals surface area contributed by atoms with Crippen LogP contribution in [0.5, 0.6) is 0 Å². The van der Waals surface area contributed by atoms with Gasteiger partial charge in [-0.2, -0.15) is 0 Å². The average Bonchev–Trinajstić information content (AvgIpc) is 2.59. The van der Waals surface area contributed by atoms with Gasteiger partial charge in [-0.1, -0.05) is 0 Å². The van der Waals surface area contributed by atoms with Crippen molar-refractivity contribution in [1.82, 2.24) is 0 Å². The second-order valence-corrected chi connectivity index (χ2v) is 3.54. The molecule has 0 aliphatic heterocycles. The van der Waals surface area contributed by atoms with Crippen LogP contribution in [0.15, 0.2) is 34.9 Å². The Kier molecular flexibility index (Phi) is 2.44. The summed E-state index contributed by atoms with van der Waals surface area (Å²) >= 11 is 0. The van der Waals surface area contributed by atoms with E-state index in [1.807, 2.05) is 20.0 Å². The Balaban J connectivity index is 2.38. The largest absolute Gasteiger partial charge is 0.269 e. The highest BCUT2D eigenvalue weighted by atomic mass is 16.6. The molecule has 5 nitrogen and oxygen atoms in total. The number of aromatic nitrogens is 1. The van der Waals surface area contributed by atoms with Gasteiger partial charge in [-0.15, -0.1) is 0 Å². The van der Waals surface area contributed by atoms with Crippen LogP contribution in [0.25, 0.3) is 11.3 Å². The third-order valence-electron chi connectivity index (χ3n) is 2.43. The SMILES string of the molecule is Cc1cc(-c2ccc([N+](=O)[O-])cc2)o[n+]1C. The fourth-order valence-corrected chi connectivity index (χ4v) is 1.41. The zero-order valence-electron chi connectivity index (χ0n) is 9.01. The van der Waals surface area contributed by atoms with E-state index in [4.69, 9.17) is 4.52 Å². The molecule has 2 rings (SSSR count). The maximum Gasteiger partial charge on any atom is 0.269 e. The van der Waals surface area contributed by atoms with Crippen molar-refractivity contribution in [2.75, 3.05) is 0 Å². The molecule has 0 atom stereocenters. The van der Waals surface area contributed by atoms with Crippen molar-refractivity contribution in [3.63, 3.8) is 0 Å². The van der Waals surface area contributed by atoms with Gasteiger partial charge in [0.15, 0.2) is 7.05 Å². The third kappa shape index (κ3) is 1.79. The molecule has 1 heterocycles. The van der Waals surface area contributed by atoms with Gasteiger partial charge in [0, 0.05) is 24.6 Å². The molecule has 0 N–H and O–H groups in total. The van der Waals surface area contributed by atoms with Crippen LogP contribution < -0.4 is 4.74 Å². The van der Waals surface area contributed by atoms with E-state index >= 15 is 0 Å². The summed E-state index contributed by atoms with van der Waals surface area (Å²) in [4.78, 5) is 10.1. The molecule has 1 aromatic heterocycles. The summed E-state index contributed by atoms with van der Waals surface area (Å²) in [6.45, 7) is 1.93. The molecule has 5 heteroatoms. The maximum absolute atomic E-state index is 10.5. The van der Waals surface area contributed by atoms with E-state index in [9.17, 15) is 10.1 Å². The predicted molar refractivity (Wildman–Crippen MR) is 56.7 cm³/mol. The van der Waals surface area contributed by atoms with Crippen LogP contribution in [0, 0.1) is 17.0 Å². The Morgan fingerprint density at radius 2 is 1.94 bits per heavy atom. The smallest absolute Gasteiger partial charge is 0.258 e. The Morgan fingerprint density at radius 1 is 1.31 bits per heavy atom. The maximum atomic E-state index is 10.5. The first-order valence-electron chi connectivity index (χ1n) is 4.79. The van der Waals surface area contributed by atoms with Crippen LogP contribution in [-0.4, -0.2) is 4.92 Å². The van der Waals surface area contributed by atoms with Crippen molar-refractivity contribution in [3.05, 3.63) is 46.1 Å². The molecule has 0 saturated carbocycles. The number of non-ortho nitro benzene ring substituents is 1. The molecule has 0 bridgehead atoms. The number of nitro benzene ring substituents is 1. The molecule has 0 aliphatic rings. The van der Waals surface area contributed by atoms with Gasteiger partial charge in [0.05, 0.1) is 11.0 Å². The minimum Gasteiger partial charge on any atom is -0.258 e. The van der Waals surface area contributed by atoms with Crippen molar-refractivity contribution >= 4 is 5.69 Å². The molecule has 82 valence electrons. The Labute approximate surface area is 92.0 Å². The first kappa shape index (κ1) is 10.4. The van der Waals surface area contributed by atoms with Gasteiger partial charge in [-0.3, -0.25) is 10.1 Å². The molecule has 0 saturated heterocycles. The van der Waals surface area contributed by atoms with Gasteiger partial charge in [0.25, 0.3) is 5.69 Å². The number of hydrogen-bond acceptors (Lipinski definition) is 3. The molecular formula is C11H11N2O3+. The van der Waals surface area contributed by atoms with E-state index in [0.717, 1.165) is 11.3 Å². The highest BCUT2D eigenvalue weighted by Gasteiger charge is 2.13. The molecule has 0 radical (unpaired) electrons. The highest BCUT2D eigenvalue weighted by molar-refractivity contribution is 5.58. The monoisotopic (exact) mass is 219 g/mol. The third-order valence-corrected chi connectivity index (χ3v) is 2.43. The average molecular weight is 219 g/mol. The fourth-order valence-electron chi connectivity index (χ4n) is 1.41. The molecule has 0 unspecified atom stereocenters. The zero-order valence-corrected chi connectivity index (χ0v) is 9.01.